The van der Waals surface area contributed by atoms with Gasteiger partial charge < -0.3 is 16.0 Å². The quantitative estimate of drug-likeness (QED) is 0.827. The second kappa shape index (κ2) is 8.64. The minimum Gasteiger partial charge on any atom is -0.341 e. The molecule has 142 valence electrons. The van der Waals surface area contributed by atoms with Crippen molar-refractivity contribution in [2.24, 2.45) is 5.73 Å². The second-order valence-electron chi connectivity index (χ2n) is 6.69. The van der Waals surface area contributed by atoms with Crippen LogP contribution in [-0.4, -0.2) is 35.8 Å². The molecule has 1 aromatic carbocycles. The SMILES string of the molecule is CN.Cc1ccc(Nc2nc(N3CCC(C)(F)CC3)ncc2Cl)cc1C. The van der Waals surface area contributed by atoms with Gasteiger partial charge in [-0.15, -0.1) is 0 Å². The summed E-state index contributed by atoms with van der Waals surface area (Å²) in [6.07, 6.45) is 2.56. The van der Waals surface area contributed by atoms with Crippen LogP contribution >= 0.6 is 11.6 Å². The molecule has 1 aliphatic heterocycles. The van der Waals surface area contributed by atoms with Crippen molar-refractivity contribution in [2.75, 3.05) is 30.4 Å². The van der Waals surface area contributed by atoms with Crippen molar-refractivity contribution in [2.45, 2.75) is 39.3 Å². The van der Waals surface area contributed by atoms with E-state index in [0.717, 1.165) is 5.69 Å². The molecule has 1 fully saturated rings. The number of rotatable bonds is 3. The first-order chi connectivity index (χ1) is 12.3. The van der Waals surface area contributed by atoms with E-state index >= 15 is 0 Å². The molecule has 0 spiro atoms. The highest BCUT2D eigenvalue weighted by Gasteiger charge is 2.30. The molecule has 5 nitrogen and oxygen atoms in total. The van der Waals surface area contributed by atoms with E-state index < -0.39 is 5.67 Å². The van der Waals surface area contributed by atoms with Crippen molar-refractivity contribution in [3.8, 4) is 0 Å². The molecular formula is C19H27ClFN5. The van der Waals surface area contributed by atoms with Gasteiger partial charge in [0.1, 0.15) is 10.7 Å². The third kappa shape index (κ3) is 5.05. The Morgan fingerprint density at radius 3 is 2.46 bits per heavy atom. The summed E-state index contributed by atoms with van der Waals surface area (Å²) in [6.45, 7) is 7.01. The van der Waals surface area contributed by atoms with Crippen LogP contribution < -0.4 is 16.0 Å². The minimum atomic E-state index is -1.09. The lowest BCUT2D eigenvalue weighted by Gasteiger charge is -2.34. The molecule has 7 heteroatoms. The summed E-state index contributed by atoms with van der Waals surface area (Å²) >= 11 is 6.24. The monoisotopic (exact) mass is 379 g/mol. The van der Waals surface area contributed by atoms with E-state index in [1.54, 1.807) is 13.1 Å². The molecule has 3 N–H and O–H groups in total. The van der Waals surface area contributed by atoms with E-state index in [9.17, 15) is 4.39 Å². The van der Waals surface area contributed by atoms with E-state index in [4.69, 9.17) is 11.6 Å². The van der Waals surface area contributed by atoms with Crippen molar-refractivity contribution in [1.82, 2.24) is 9.97 Å². The number of piperidine rings is 1. The number of aryl methyl sites for hydroxylation is 2. The fourth-order valence-electron chi connectivity index (χ4n) is 2.73. The third-order valence-electron chi connectivity index (χ3n) is 4.59. The molecule has 0 amide bonds. The summed E-state index contributed by atoms with van der Waals surface area (Å²) in [5.41, 5.74) is 6.77. The average Bonchev–Trinajstić information content (AvgIpc) is 2.62. The summed E-state index contributed by atoms with van der Waals surface area (Å²) < 4.78 is 14.0. The van der Waals surface area contributed by atoms with Gasteiger partial charge in [-0.3, -0.25) is 0 Å². The zero-order chi connectivity index (χ0) is 19.3. The summed E-state index contributed by atoms with van der Waals surface area (Å²) in [4.78, 5) is 10.8. The molecule has 26 heavy (non-hydrogen) atoms. The fraction of sp³-hybridized carbons (Fsp3) is 0.474. The number of nitrogens with one attached hydrogen (secondary N) is 1. The van der Waals surface area contributed by atoms with Gasteiger partial charge in [0.25, 0.3) is 0 Å². The maximum atomic E-state index is 14.0. The van der Waals surface area contributed by atoms with Crippen LogP contribution in [0.15, 0.2) is 24.4 Å². The number of benzene rings is 1. The molecule has 0 bridgehead atoms. The maximum absolute atomic E-state index is 14.0. The molecule has 3 rings (SSSR count). The lowest BCUT2D eigenvalue weighted by atomic mass is 9.96. The molecule has 0 radical (unpaired) electrons. The number of anilines is 3. The third-order valence-corrected chi connectivity index (χ3v) is 4.87. The van der Waals surface area contributed by atoms with Crippen molar-refractivity contribution < 1.29 is 4.39 Å². The molecule has 1 saturated heterocycles. The van der Waals surface area contributed by atoms with E-state index in [-0.39, 0.29) is 0 Å². The smallest absolute Gasteiger partial charge is 0.227 e. The van der Waals surface area contributed by atoms with Gasteiger partial charge in [-0.1, -0.05) is 17.7 Å². The van der Waals surface area contributed by atoms with Crippen molar-refractivity contribution in [3.05, 3.63) is 40.5 Å². The summed E-state index contributed by atoms with van der Waals surface area (Å²) in [6, 6.07) is 6.11. The number of hydrogen-bond donors (Lipinski definition) is 2. The van der Waals surface area contributed by atoms with Crippen molar-refractivity contribution in [3.63, 3.8) is 0 Å². The van der Waals surface area contributed by atoms with Crippen LogP contribution in [0.25, 0.3) is 0 Å². The zero-order valence-corrected chi connectivity index (χ0v) is 16.6. The predicted molar refractivity (Wildman–Crippen MR) is 107 cm³/mol. The molecule has 0 aliphatic carbocycles. The first kappa shape index (κ1) is 20.4. The Morgan fingerprint density at radius 2 is 1.85 bits per heavy atom. The highest BCUT2D eigenvalue weighted by molar-refractivity contribution is 6.32. The van der Waals surface area contributed by atoms with Crippen LogP contribution in [0.1, 0.15) is 30.9 Å². The standard InChI is InChI=1S/C18H22ClFN4.CH5N/c1-12-4-5-14(10-13(12)2)22-16-15(19)11-21-17(23-16)24-8-6-18(3,20)7-9-24;1-2/h4-5,10-11H,6-9H2,1-3H3,(H,21,22,23);2H2,1H3. The van der Waals surface area contributed by atoms with Gasteiger partial charge in [-0.05, 0) is 63.9 Å². The topological polar surface area (TPSA) is 67.1 Å². The molecule has 1 aromatic heterocycles. The first-order valence-corrected chi connectivity index (χ1v) is 9.10. The number of halogens is 2. The Hall–Kier alpha value is -1.92. The highest BCUT2D eigenvalue weighted by atomic mass is 35.5. The zero-order valence-electron chi connectivity index (χ0n) is 15.8. The molecule has 0 saturated carbocycles. The van der Waals surface area contributed by atoms with E-state index in [2.05, 4.69) is 47.0 Å². The van der Waals surface area contributed by atoms with Crippen LogP contribution in [0.3, 0.4) is 0 Å². The maximum Gasteiger partial charge on any atom is 0.227 e. The molecule has 0 unspecified atom stereocenters. The number of nitrogens with zero attached hydrogens (tertiary/aromatic N) is 3. The van der Waals surface area contributed by atoms with Crippen LogP contribution in [0.5, 0.6) is 0 Å². The summed E-state index contributed by atoms with van der Waals surface area (Å²) in [7, 11) is 1.50. The Bertz CT molecular complexity index is 741. The molecule has 2 aromatic rings. The van der Waals surface area contributed by atoms with Crippen LogP contribution in [0.2, 0.25) is 5.02 Å². The predicted octanol–water partition coefficient (Wildman–Crippen LogP) is 4.39. The lowest BCUT2D eigenvalue weighted by molar-refractivity contribution is 0.148. The van der Waals surface area contributed by atoms with Gasteiger partial charge in [0.15, 0.2) is 5.82 Å². The van der Waals surface area contributed by atoms with Crippen LogP contribution in [0.4, 0.5) is 21.8 Å². The Morgan fingerprint density at radius 1 is 1.19 bits per heavy atom. The highest BCUT2D eigenvalue weighted by Crippen LogP contribution is 2.30. The molecule has 0 atom stereocenters. The molecule has 1 aliphatic rings. The molecular weight excluding hydrogens is 353 g/mol. The largest absolute Gasteiger partial charge is 0.341 e. The van der Waals surface area contributed by atoms with Crippen LogP contribution in [-0.2, 0) is 0 Å². The molecule has 2 heterocycles. The lowest BCUT2D eigenvalue weighted by Crippen LogP contribution is -2.40. The van der Waals surface area contributed by atoms with E-state index in [1.807, 2.05) is 11.0 Å². The van der Waals surface area contributed by atoms with Crippen LogP contribution in [0, 0.1) is 13.8 Å². The average molecular weight is 380 g/mol. The van der Waals surface area contributed by atoms with Gasteiger partial charge in [0, 0.05) is 18.8 Å². The van der Waals surface area contributed by atoms with E-state index in [0.29, 0.717) is 42.7 Å². The second-order valence-corrected chi connectivity index (χ2v) is 7.10. The van der Waals surface area contributed by atoms with E-state index in [1.165, 1.54) is 18.2 Å². The Kier molecular flexibility index (Phi) is 6.78. The normalized spacial score (nSPS) is 15.9. The Balaban J connectivity index is 0.00000117. The fourth-order valence-corrected chi connectivity index (χ4v) is 2.86. The van der Waals surface area contributed by atoms with Gasteiger partial charge >= 0.3 is 0 Å². The minimum absolute atomic E-state index is 0.462. The number of nitrogens with two attached hydrogens (primary N) is 1. The first-order valence-electron chi connectivity index (χ1n) is 8.72. The summed E-state index contributed by atoms with van der Waals surface area (Å²) in [5.74, 6) is 1.15. The Labute approximate surface area is 159 Å². The summed E-state index contributed by atoms with van der Waals surface area (Å²) in [5, 5.41) is 3.71. The van der Waals surface area contributed by atoms with Gasteiger partial charge in [0.2, 0.25) is 5.95 Å². The van der Waals surface area contributed by atoms with Crippen molar-refractivity contribution >= 4 is 29.1 Å². The number of aromatic nitrogens is 2. The number of alkyl halides is 1. The number of hydrogen-bond acceptors (Lipinski definition) is 5. The van der Waals surface area contributed by atoms with Gasteiger partial charge in [-0.25, -0.2) is 9.37 Å². The van der Waals surface area contributed by atoms with Gasteiger partial charge in [-0.2, -0.15) is 4.98 Å². The van der Waals surface area contributed by atoms with Crippen molar-refractivity contribution in [1.29, 1.82) is 0 Å². The van der Waals surface area contributed by atoms with Gasteiger partial charge in [0.05, 0.1) is 6.20 Å².